The Bertz CT molecular complexity index is 484. The van der Waals surface area contributed by atoms with Crippen molar-refractivity contribution in [1.82, 2.24) is 0 Å². The highest BCUT2D eigenvalue weighted by Crippen LogP contribution is 2.31. The number of non-ortho nitro benzene ring substituents is 1. The Labute approximate surface area is 118 Å². The van der Waals surface area contributed by atoms with E-state index in [1.165, 1.54) is 12.1 Å². The summed E-state index contributed by atoms with van der Waals surface area (Å²) in [6.07, 6.45) is 4.08. The van der Waals surface area contributed by atoms with Gasteiger partial charge >= 0.3 is 0 Å². The van der Waals surface area contributed by atoms with Crippen molar-refractivity contribution in [2.45, 2.75) is 38.1 Å². The van der Waals surface area contributed by atoms with Crippen molar-refractivity contribution in [3.8, 4) is 11.5 Å². The molecule has 110 valence electrons. The second-order valence-electron chi connectivity index (χ2n) is 5.21. The maximum absolute atomic E-state index is 10.9. The standard InChI is InChI=1S/C14H20N2O4/c1-2-19-12-7-11(16(17)18)8-13(9-12)20-10-14(15)5-3-4-6-14/h7-9H,2-6,10,15H2,1H3. The molecule has 0 spiro atoms. The predicted molar refractivity (Wildman–Crippen MR) is 75.1 cm³/mol. The fourth-order valence-corrected chi connectivity index (χ4v) is 2.45. The SMILES string of the molecule is CCOc1cc(OCC2(N)CCCC2)cc([N+](=O)[O-])c1. The summed E-state index contributed by atoms with van der Waals surface area (Å²) in [5.41, 5.74) is 5.86. The number of hydrogen-bond acceptors (Lipinski definition) is 5. The molecule has 2 rings (SSSR count). The van der Waals surface area contributed by atoms with E-state index in [2.05, 4.69) is 0 Å². The van der Waals surface area contributed by atoms with Crippen molar-refractivity contribution >= 4 is 5.69 Å². The van der Waals surface area contributed by atoms with Gasteiger partial charge in [-0.3, -0.25) is 10.1 Å². The Morgan fingerprint density at radius 3 is 2.40 bits per heavy atom. The Morgan fingerprint density at radius 2 is 1.85 bits per heavy atom. The molecule has 1 aromatic carbocycles. The van der Waals surface area contributed by atoms with Gasteiger partial charge in [0.25, 0.3) is 5.69 Å². The van der Waals surface area contributed by atoms with E-state index >= 15 is 0 Å². The number of nitrogens with two attached hydrogens (primary N) is 1. The Morgan fingerprint density at radius 1 is 1.25 bits per heavy atom. The zero-order chi connectivity index (χ0) is 14.6. The third kappa shape index (κ3) is 3.60. The van der Waals surface area contributed by atoms with Gasteiger partial charge in [0.1, 0.15) is 18.1 Å². The van der Waals surface area contributed by atoms with Crippen molar-refractivity contribution in [2.24, 2.45) is 5.73 Å². The highest BCUT2D eigenvalue weighted by molar-refractivity contribution is 5.46. The molecule has 0 saturated heterocycles. The van der Waals surface area contributed by atoms with E-state index in [0.717, 1.165) is 25.7 Å². The average molecular weight is 280 g/mol. The average Bonchev–Trinajstić information content (AvgIpc) is 2.84. The van der Waals surface area contributed by atoms with Crippen LogP contribution in [0.2, 0.25) is 0 Å². The van der Waals surface area contributed by atoms with Gasteiger partial charge in [-0.15, -0.1) is 0 Å². The summed E-state index contributed by atoms with van der Waals surface area (Å²) in [5.74, 6) is 0.869. The van der Waals surface area contributed by atoms with Gasteiger partial charge < -0.3 is 15.2 Å². The van der Waals surface area contributed by atoms with E-state index in [4.69, 9.17) is 15.2 Å². The molecular formula is C14H20N2O4. The van der Waals surface area contributed by atoms with E-state index in [1.54, 1.807) is 6.07 Å². The van der Waals surface area contributed by atoms with E-state index in [1.807, 2.05) is 6.92 Å². The van der Waals surface area contributed by atoms with Crippen molar-refractivity contribution < 1.29 is 14.4 Å². The molecule has 1 aliphatic carbocycles. The molecule has 0 aromatic heterocycles. The molecule has 0 bridgehead atoms. The molecule has 0 heterocycles. The monoisotopic (exact) mass is 280 g/mol. The van der Waals surface area contributed by atoms with Gasteiger partial charge in [0, 0.05) is 6.07 Å². The zero-order valence-corrected chi connectivity index (χ0v) is 11.6. The lowest BCUT2D eigenvalue weighted by Gasteiger charge is -2.23. The topological polar surface area (TPSA) is 87.6 Å². The van der Waals surface area contributed by atoms with Gasteiger partial charge in [0.2, 0.25) is 0 Å². The fraction of sp³-hybridized carbons (Fsp3) is 0.571. The molecular weight excluding hydrogens is 260 g/mol. The van der Waals surface area contributed by atoms with Gasteiger partial charge in [-0.2, -0.15) is 0 Å². The third-order valence-corrected chi connectivity index (χ3v) is 3.51. The lowest BCUT2D eigenvalue weighted by molar-refractivity contribution is -0.385. The second kappa shape index (κ2) is 6.09. The van der Waals surface area contributed by atoms with Crippen LogP contribution in [0, 0.1) is 10.1 Å². The van der Waals surface area contributed by atoms with Crippen LogP contribution in [0.3, 0.4) is 0 Å². The number of rotatable bonds is 6. The number of nitro groups is 1. The molecule has 2 N–H and O–H groups in total. The summed E-state index contributed by atoms with van der Waals surface area (Å²) in [4.78, 5) is 10.4. The molecule has 0 aliphatic heterocycles. The number of ether oxygens (including phenoxy) is 2. The van der Waals surface area contributed by atoms with Crippen LogP contribution in [0.25, 0.3) is 0 Å². The first-order valence-corrected chi connectivity index (χ1v) is 6.86. The Balaban J connectivity index is 2.11. The maximum atomic E-state index is 10.9. The van der Waals surface area contributed by atoms with Gasteiger partial charge in [-0.05, 0) is 19.8 Å². The van der Waals surface area contributed by atoms with Crippen LogP contribution in [0.15, 0.2) is 18.2 Å². The van der Waals surface area contributed by atoms with Crippen molar-refractivity contribution in [2.75, 3.05) is 13.2 Å². The highest BCUT2D eigenvalue weighted by atomic mass is 16.6. The van der Waals surface area contributed by atoms with Crippen molar-refractivity contribution in [3.05, 3.63) is 28.3 Å². The second-order valence-corrected chi connectivity index (χ2v) is 5.21. The molecule has 1 aromatic rings. The first-order chi connectivity index (χ1) is 9.52. The molecule has 0 unspecified atom stereocenters. The number of nitro benzene ring substituents is 1. The third-order valence-electron chi connectivity index (χ3n) is 3.51. The summed E-state index contributed by atoms with van der Waals surface area (Å²) in [5, 5.41) is 10.9. The van der Waals surface area contributed by atoms with E-state index in [-0.39, 0.29) is 11.2 Å². The molecule has 1 saturated carbocycles. The fourth-order valence-electron chi connectivity index (χ4n) is 2.45. The van der Waals surface area contributed by atoms with Gasteiger partial charge in [0.15, 0.2) is 0 Å². The highest BCUT2D eigenvalue weighted by Gasteiger charge is 2.30. The summed E-state index contributed by atoms with van der Waals surface area (Å²) < 4.78 is 11.0. The van der Waals surface area contributed by atoms with Crippen LogP contribution in [-0.4, -0.2) is 23.7 Å². The van der Waals surface area contributed by atoms with Crippen molar-refractivity contribution in [1.29, 1.82) is 0 Å². The quantitative estimate of drug-likeness (QED) is 0.639. The summed E-state index contributed by atoms with van der Waals surface area (Å²) >= 11 is 0. The minimum Gasteiger partial charge on any atom is -0.493 e. The molecule has 0 atom stereocenters. The molecule has 6 heteroatoms. The summed E-state index contributed by atoms with van der Waals surface area (Å²) in [7, 11) is 0. The van der Waals surface area contributed by atoms with E-state index < -0.39 is 4.92 Å². The largest absolute Gasteiger partial charge is 0.493 e. The Kier molecular flexibility index (Phi) is 4.44. The van der Waals surface area contributed by atoms with Crippen LogP contribution < -0.4 is 15.2 Å². The summed E-state index contributed by atoms with van der Waals surface area (Å²) in [6.45, 7) is 2.65. The first kappa shape index (κ1) is 14.6. The molecule has 1 aliphatic rings. The first-order valence-electron chi connectivity index (χ1n) is 6.86. The van der Waals surface area contributed by atoms with Crippen LogP contribution in [0.5, 0.6) is 11.5 Å². The van der Waals surface area contributed by atoms with Gasteiger partial charge in [-0.25, -0.2) is 0 Å². The van der Waals surface area contributed by atoms with Gasteiger partial charge in [-0.1, -0.05) is 12.8 Å². The summed E-state index contributed by atoms with van der Waals surface area (Å²) in [6, 6.07) is 4.46. The molecule has 20 heavy (non-hydrogen) atoms. The molecule has 6 nitrogen and oxygen atoms in total. The van der Waals surface area contributed by atoms with E-state index in [0.29, 0.717) is 24.7 Å². The normalized spacial score (nSPS) is 16.9. The van der Waals surface area contributed by atoms with Crippen LogP contribution in [0.4, 0.5) is 5.69 Å². The van der Waals surface area contributed by atoms with Crippen LogP contribution in [0.1, 0.15) is 32.6 Å². The Hall–Kier alpha value is -1.82. The predicted octanol–water partition coefficient (Wildman–Crippen LogP) is 2.64. The van der Waals surface area contributed by atoms with Crippen LogP contribution >= 0.6 is 0 Å². The molecule has 0 amide bonds. The minimum atomic E-state index is -0.455. The van der Waals surface area contributed by atoms with E-state index in [9.17, 15) is 10.1 Å². The number of hydrogen-bond donors (Lipinski definition) is 1. The molecule has 1 fully saturated rings. The number of nitrogens with zero attached hydrogens (tertiary/aromatic N) is 1. The lowest BCUT2D eigenvalue weighted by Crippen LogP contribution is -2.42. The van der Waals surface area contributed by atoms with Crippen LogP contribution in [-0.2, 0) is 0 Å². The van der Waals surface area contributed by atoms with Gasteiger partial charge in [0.05, 0.1) is 29.2 Å². The zero-order valence-electron chi connectivity index (χ0n) is 11.6. The smallest absolute Gasteiger partial charge is 0.276 e. The minimum absolute atomic E-state index is 0.0385. The maximum Gasteiger partial charge on any atom is 0.276 e. The lowest BCUT2D eigenvalue weighted by atomic mass is 10.0. The number of benzene rings is 1. The molecule has 0 radical (unpaired) electrons. The van der Waals surface area contributed by atoms with Crippen molar-refractivity contribution in [3.63, 3.8) is 0 Å².